The number of anilines is 1. The first-order chi connectivity index (χ1) is 14.9. The number of aromatic nitrogens is 3. The lowest BCUT2D eigenvalue weighted by Crippen LogP contribution is -2.40. The Kier molecular flexibility index (Phi) is 6.57. The highest BCUT2D eigenvalue weighted by atomic mass is 35.5. The smallest absolute Gasteiger partial charge is 0.228 e. The summed E-state index contributed by atoms with van der Waals surface area (Å²) in [6, 6.07) is 1.86. The van der Waals surface area contributed by atoms with Crippen molar-refractivity contribution in [2.24, 2.45) is 5.92 Å². The number of rotatable bonds is 5. The minimum atomic E-state index is -0.151. The lowest BCUT2D eigenvalue weighted by molar-refractivity contribution is -0.123. The molecule has 2 aliphatic rings. The Bertz CT molecular complexity index is 976. The molecule has 1 unspecified atom stereocenters. The molecule has 2 aromatic rings. The maximum absolute atomic E-state index is 12.9. The summed E-state index contributed by atoms with van der Waals surface area (Å²) in [6.45, 7) is 2.23. The van der Waals surface area contributed by atoms with Crippen molar-refractivity contribution in [1.29, 1.82) is 0 Å². The van der Waals surface area contributed by atoms with Gasteiger partial charge in [0.2, 0.25) is 11.8 Å². The van der Waals surface area contributed by atoms with Gasteiger partial charge in [0, 0.05) is 49.0 Å². The predicted octanol–water partition coefficient (Wildman–Crippen LogP) is 3.19. The van der Waals surface area contributed by atoms with E-state index in [-0.39, 0.29) is 29.9 Å². The normalized spacial score (nSPS) is 23.1. The number of ether oxygens (including phenoxy) is 1. The van der Waals surface area contributed by atoms with Gasteiger partial charge in [0.25, 0.3) is 0 Å². The van der Waals surface area contributed by atoms with E-state index in [9.17, 15) is 9.59 Å². The van der Waals surface area contributed by atoms with Crippen LogP contribution in [0, 0.1) is 5.92 Å². The monoisotopic (exact) mass is 445 g/mol. The van der Waals surface area contributed by atoms with Crippen LogP contribution in [-0.4, -0.2) is 45.8 Å². The highest BCUT2D eigenvalue weighted by Gasteiger charge is 2.28. The maximum Gasteiger partial charge on any atom is 0.228 e. The summed E-state index contributed by atoms with van der Waals surface area (Å²) >= 11 is 6.46. The molecule has 166 valence electrons. The Hall–Kier alpha value is -2.45. The van der Waals surface area contributed by atoms with E-state index in [4.69, 9.17) is 16.3 Å². The number of hydrogen-bond acceptors (Lipinski definition) is 5. The van der Waals surface area contributed by atoms with Crippen molar-refractivity contribution in [3.63, 3.8) is 0 Å². The second kappa shape index (κ2) is 9.36. The molecule has 1 aliphatic heterocycles. The number of carbonyl (C=O) groups excluding carboxylic acids is 2. The molecule has 1 saturated carbocycles. The second-order valence-electron chi connectivity index (χ2n) is 8.38. The average molecular weight is 446 g/mol. The van der Waals surface area contributed by atoms with Crippen LogP contribution in [0.3, 0.4) is 0 Å². The van der Waals surface area contributed by atoms with E-state index in [1.165, 1.54) is 6.92 Å². The lowest BCUT2D eigenvalue weighted by Gasteiger charge is -2.28. The predicted molar refractivity (Wildman–Crippen MR) is 118 cm³/mol. The largest absolute Gasteiger partial charge is 0.380 e. The SMILES string of the molecule is COC1CCc2c(-c3cc(NC(=O)[C@@H]4CCC[C@@H](NC(C)=O)C4)ncc3Cl)cnn2C1. The van der Waals surface area contributed by atoms with Crippen LogP contribution in [0.2, 0.25) is 5.02 Å². The zero-order chi connectivity index (χ0) is 22.0. The van der Waals surface area contributed by atoms with E-state index >= 15 is 0 Å². The zero-order valence-electron chi connectivity index (χ0n) is 17.9. The molecule has 0 bridgehead atoms. The number of hydrogen-bond donors (Lipinski definition) is 2. The Morgan fingerprint density at radius 3 is 2.84 bits per heavy atom. The maximum atomic E-state index is 12.9. The van der Waals surface area contributed by atoms with Crippen molar-refractivity contribution in [2.45, 2.75) is 64.1 Å². The molecule has 2 aromatic heterocycles. The van der Waals surface area contributed by atoms with Crippen molar-refractivity contribution in [2.75, 3.05) is 12.4 Å². The highest BCUT2D eigenvalue weighted by Crippen LogP contribution is 2.34. The quantitative estimate of drug-likeness (QED) is 0.736. The third-order valence-electron chi connectivity index (χ3n) is 6.21. The fourth-order valence-electron chi connectivity index (χ4n) is 4.62. The Morgan fingerprint density at radius 1 is 1.23 bits per heavy atom. The number of carbonyl (C=O) groups is 2. The fourth-order valence-corrected chi connectivity index (χ4v) is 4.82. The number of methoxy groups -OCH3 is 1. The van der Waals surface area contributed by atoms with Crippen LogP contribution in [0.25, 0.3) is 11.1 Å². The molecule has 3 heterocycles. The standard InChI is InChI=1S/C22H28ClN5O3/c1-13(29)26-15-5-3-4-14(8-15)22(30)27-21-9-17(19(23)11-24-21)18-10-25-28-12-16(31-2)6-7-20(18)28/h9-11,14-16H,3-8,12H2,1-2H3,(H,26,29)(H,24,27,30)/t14-,15-,16?/m1/s1. The third kappa shape index (κ3) is 4.91. The molecular weight excluding hydrogens is 418 g/mol. The average Bonchev–Trinajstić information content (AvgIpc) is 3.17. The number of fused-ring (bicyclic) bond motifs is 1. The molecule has 4 rings (SSSR count). The van der Waals surface area contributed by atoms with Crippen LogP contribution in [0.4, 0.5) is 5.82 Å². The van der Waals surface area contributed by atoms with Gasteiger partial charge in [0.15, 0.2) is 0 Å². The fraction of sp³-hybridized carbons (Fsp3) is 0.545. The van der Waals surface area contributed by atoms with E-state index in [2.05, 4.69) is 20.7 Å². The van der Waals surface area contributed by atoms with Gasteiger partial charge >= 0.3 is 0 Å². The van der Waals surface area contributed by atoms with Crippen LogP contribution in [0.15, 0.2) is 18.5 Å². The minimum Gasteiger partial charge on any atom is -0.380 e. The summed E-state index contributed by atoms with van der Waals surface area (Å²) in [7, 11) is 1.72. The highest BCUT2D eigenvalue weighted by molar-refractivity contribution is 6.33. The molecule has 3 atom stereocenters. The molecule has 2 amide bonds. The minimum absolute atomic E-state index is 0.0469. The molecule has 0 saturated heterocycles. The summed E-state index contributed by atoms with van der Waals surface area (Å²) in [5.41, 5.74) is 2.88. The van der Waals surface area contributed by atoms with Gasteiger partial charge in [0.1, 0.15) is 5.82 Å². The molecule has 0 aromatic carbocycles. The topological polar surface area (TPSA) is 98.1 Å². The van der Waals surface area contributed by atoms with Crippen molar-refractivity contribution in [3.8, 4) is 11.1 Å². The van der Waals surface area contributed by atoms with E-state index in [0.29, 0.717) is 17.3 Å². The van der Waals surface area contributed by atoms with Gasteiger partial charge in [-0.15, -0.1) is 0 Å². The first-order valence-electron chi connectivity index (χ1n) is 10.8. The Balaban J connectivity index is 1.49. The van der Waals surface area contributed by atoms with Gasteiger partial charge in [-0.2, -0.15) is 5.10 Å². The van der Waals surface area contributed by atoms with Gasteiger partial charge in [-0.25, -0.2) is 4.98 Å². The van der Waals surface area contributed by atoms with Crippen LogP contribution >= 0.6 is 11.6 Å². The molecule has 9 heteroatoms. The molecule has 2 N–H and O–H groups in total. The van der Waals surface area contributed by atoms with Gasteiger partial charge in [-0.3, -0.25) is 14.3 Å². The van der Waals surface area contributed by atoms with Crippen molar-refractivity contribution in [3.05, 3.63) is 29.2 Å². The molecule has 0 spiro atoms. The van der Waals surface area contributed by atoms with E-state index in [1.807, 2.05) is 16.9 Å². The first kappa shape index (κ1) is 21.8. The van der Waals surface area contributed by atoms with Crippen LogP contribution in [0.1, 0.15) is 44.7 Å². The van der Waals surface area contributed by atoms with Gasteiger partial charge < -0.3 is 15.4 Å². The van der Waals surface area contributed by atoms with Crippen LogP contribution in [0.5, 0.6) is 0 Å². The van der Waals surface area contributed by atoms with Crippen LogP contribution in [-0.2, 0) is 27.3 Å². The van der Waals surface area contributed by atoms with Crippen LogP contribution < -0.4 is 10.6 Å². The summed E-state index contributed by atoms with van der Waals surface area (Å²) in [5, 5.41) is 10.9. The number of amides is 2. The van der Waals surface area contributed by atoms with Crippen molar-refractivity contribution < 1.29 is 14.3 Å². The van der Waals surface area contributed by atoms with Gasteiger partial charge in [0.05, 0.1) is 23.9 Å². The first-order valence-corrected chi connectivity index (χ1v) is 11.1. The molecule has 8 nitrogen and oxygen atoms in total. The van der Waals surface area contributed by atoms with Crippen molar-refractivity contribution in [1.82, 2.24) is 20.1 Å². The van der Waals surface area contributed by atoms with Gasteiger partial charge in [-0.1, -0.05) is 18.0 Å². The third-order valence-corrected chi connectivity index (χ3v) is 6.51. The Morgan fingerprint density at radius 2 is 2.06 bits per heavy atom. The molecule has 1 fully saturated rings. The van der Waals surface area contributed by atoms with E-state index < -0.39 is 0 Å². The van der Waals surface area contributed by atoms with E-state index in [1.54, 1.807) is 13.3 Å². The number of halogens is 1. The van der Waals surface area contributed by atoms with E-state index in [0.717, 1.165) is 55.5 Å². The zero-order valence-corrected chi connectivity index (χ0v) is 18.6. The lowest BCUT2D eigenvalue weighted by atomic mass is 9.85. The second-order valence-corrected chi connectivity index (χ2v) is 8.79. The molecule has 31 heavy (non-hydrogen) atoms. The Labute approximate surface area is 186 Å². The summed E-state index contributed by atoms with van der Waals surface area (Å²) < 4.78 is 7.43. The molecule has 0 radical (unpaired) electrons. The number of nitrogens with one attached hydrogen (secondary N) is 2. The summed E-state index contributed by atoms with van der Waals surface area (Å²) in [4.78, 5) is 28.5. The number of nitrogens with zero attached hydrogens (tertiary/aromatic N) is 3. The summed E-state index contributed by atoms with van der Waals surface area (Å²) in [5.74, 6) is 0.185. The van der Waals surface area contributed by atoms with Crippen molar-refractivity contribution >= 4 is 29.2 Å². The van der Waals surface area contributed by atoms with Gasteiger partial charge in [-0.05, 0) is 38.2 Å². The number of pyridine rings is 1. The summed E-state index contributed by atoms with van der Waals surface area (Å²) in [6.07, 6.45) is 8.59. The molecule has 1 aliphatic carbocycles. The molecular formula is C22H28ClN5O3.